The number of carbonyl (C=O) groups excluding carboxylic acids is 1. The minimum absolute atomic E-state index is 0.175. The predicted molar refractivity (Wildman–Crippen MR) is 70.9 cm³/mol. The Kier molecular flexibility index (Phi) is 4.95. The number of carbonyl (C=O) groups is 1. The third-order valence-corrected chi connectivity index (χ3v) is 3.64. The minimum Gasteiger partial charge on any atom is -0.351 e. The number of rotatable bonds is 4. The van der Waals surface area contributed by atoms with Crippen LogP contribution in [0.5, 0.6) is 0 Å². The molecule has 1 rings (SSSR count). The summed E-state index contributed by atoms with van der Waals surface area (Å²) in [4.78, 5) is 11.7. The fourth-order valence-corrected chi connectivity index (χ4v) is 1.45. The molecule has 0 aliphatic rings. The van der Waals surface area contributed by atoms with Crippen molar-refractivity contribution in [3.05, 3.63) is 34.1 Å². The molecule has 0 spiro atoms. The van der Waals surface area contributed by atoms with E-state index in [0.29, 0.717) is 22.5 Å². The highest BCUT2D eigenvalue weighted by molar-refractivity contribution is 9.10. The maximum atomic E-state index is 13.2. The van der Waals surface area contributed by atoms with E-state index >= 15 is 0 Å². The summed E-state index contributed by atoms with van der Waals surface area (Å²) in [7, 11) is 0. The summed E-state index contributed by atoms with van der Waals surface area (Å²) >= 11 is 8.79. The predicted octanol–water partition coefficient (Wildman–Crippen LogP) is 3.58. The van der Waals surface area contributed by atoms with E-state index in [4.69, 9.17) is 11.6 Å². The molecule has 1 aromatic rings. The Morgan fingerprint density at radius 2 is 2.18 bits per heavy atom. The minimum atomic E-state index is -0.450. The SMILES string of the molecule is CC(C)(CCl)CNC(=O)c1ccc(Br)c(F)c1. The molecule has 0 radical (unpaired) electrons. The molecular weight excluding hydrogens is 308 g/mol. The highest BCUT2D eigenvalue weighted by atomic mass is 79.9. The van der Waals surface area contributed by atoms with Gasteiger partial charge in [-0.3, -0.25) is 4.79 Å². The van der Waals surface area contributed by atoms with Crippen LogP contribution in [0.3, 0.4) is 0 Å². The first-order valence-electron chi connectivity index (χ1n) is 5.15. The van der Waals surface area contributed by atoms with Crippen molar-refractivity contribution >= 4 is 33.4 Å². The lowest BCUT2D eigenvalue weighted by molar-refractivity contribution is 0.0939. The van der Waals surface area contributed by atoms with Crippen molar-refractivity contribution in [3.63, 3.8) is 0 Å². The van der Waals surface area contributed by atoms with E-state index < -0.39 is 5.82 Å². The zero-order chi connectivity index (χ0) is 13.1. The monoisotopic (exact) mass is 321 g/mol. The van der Waals surface area contributed by atoms with Gasteiger partial charge in [0.25, 0.3) is 5.91 Å². The van der Waals surface area contributed by atoms with Gasteiger partial charge in [0.2, 0.25) is 0 Å². The molecule has 1 N–H and O–H groups in total. The van der Waals surface area contributed by atoms with Crippen molar-refractivity contribution in [3.8, 4) is 0 Å². The molecule has 0 saturated carbocycles. The molecule has 0 unspecified atom stereocenters. The first-order chi connectivity index (χ1) is 7.85. The van der Waals surface area contributed by atoms with Gasteiger partial charge in [-0.2, -0.15) is 0 Å². The first-order valence-corrected chi connectivity index (χ1v) is 6.48. The Hall–Kier alpha value is -0.610. The summed E-state index contributed by atoms with van der Waals surface area (Å²) in [6.45, 7) is 4.35. The Morgan fingerprint density at radius 3 is 2.71 bits per heavy atom. The molecule has 0 aromatic heterocycles. The van der Waals surface area contributed by atoms with Gasteiger partial charge in [-0.1, -0.05) is 13.8 Å². The van der Waals surface area contributed by atoms with Gasteiger partial charge < -0.3 is 5.32 Å². The van der Waals surface area contributed by atoms with E-state index in [9.17, 15) is 9.18 Å². The normalized spacial score (nSPS) is 11.4. The van der Waals surface area contributed by atoms with Crippen LogP contribution < -0.4 is 5.32 Å². The summed E-state index contributed by atoms with van der Waals surface area (Å²) in [5.74, 6) is -0.300. The summed E-state index contributed by atoms with van der Waals surface area (Å²) in [6.07, 6.45) is 0. The molecular formula is C12H14BrClFNO. The van der Waals surface area contributed by atoms with Crippen LogP contribution in [0.2, 0.25) is 0 Å². The van der Waals surface area contributed by atoms with E-state index in [2.05, 4.69) is 21.2 Å². The second-order valence-corrected chi connectivity index (χ2v) is 5.73. The molecule has 0 atom stereocenters. The molecule has 0 aliphatic carbocycles. The number of benzene rings is 1. The number of halogens is 3. The van der Waals surface area contributed by atoms with Gasteiger partial charge in [-0.25, -0.2) is 4.39 Å². The van der Waals surface area contributed by atoms with Crippen molar-refractivity contribution in [1.82, 2.24) is 5.32 Å². The molecule has 0 fully saturated rings. The molecule has 0 bridgehead atoms. The van der Waals surface area contributed by atoms with Gasteiger partial charge in [0.15, 0.2) is 0 Å². The second-order valence-electron chi connectivity index (χ2n) is 4.61. The molecule has 0 saturated heterocycles. The number of alkyl halides is 1. The summed E-state index contributed by atoms with van der Waals surface area (Å²) < 4.78 is 13.6. The Morgan fingerprint density at radius 1 is 1.53 bits per heavy atom. The van der Waals surface area contributed by atoms with Gasteiger partial charge in [-0.05, 0) is 39.5 Å². The Bertz CT molecular complexity index is 423. The molecule has 17 heavy (non-hydrogen) atoms. The van der Waals surface area contributed by atoms with Crippen LogP contribution in [0.4, 0.5) is 4.39 Å². The van der Waals surface area contributed by atoms with Gasteiger partial charge in [0.05, 0.1) is 4.47 Å². The molecule has 0 heterocycles. The third-order valence-electron chi connectivity index (χ3n) is 2.27. The van der Waals surface area contributed by atoms with Crippen molar-refractivity contribution in [2.24, 2.45) is 5.41 Å². The molecule has 2 nitrogen and oxygen atoms in total. The average Bonchev–Trinajstić information content (AvgIpc) is 2.30. The first kappa shape index (κ1) is 14.5. The number of nitrogens with one attached hydrogen (secondary N) is 1. The van der Waals surface area contributed by atoms with Crippen LogP contribution in [0, 0.1) is 11.2 Å². The van der Waals surface area contributed by atoms with Crippen molar-refractivity contribution in [2.75, 3.05) is 12.4 Å². The lowest BCUT2D eigenvalue weighted by Gasteiger charge is -2.21. The zero-order valence-electron chi connectivity index (χ0n) is 9.69. The fourth-order valence-electron chi connectivity index (χ4n) is 1.11. The highest BCUT2D eigenvalue weighted by Gasteiger charge is 2.18. The number of hydrogen-bond acceptors (Lipinski definition) is 1. The quantitative estimate of drug-likeness (QED) is 0.843. The van der Waals surface area contributed by atoms with Gasteiger partial charge in [0.1, 0.15) is 5.82 Å². The summed E-state index contributed by atoms with van der Waals surface area (Å²) in [6, 6.07) is 4.28. The highest BCUT2D eigenvalue weighted by Crippen LogP contribution is 2.18. The molecule has 5 heteroatoms. The van der Waals surface area contributed by atoms with Crippen LogP contribution in [0.25, 0.3) is 0 Å². The molecule has 1 amide bonds. The van der Waals surface area contributed by atoms with Crippen LogP contribution in [-0.2, 0) is 0 Å². The zero-order valence-corrected chi connectivity index (χ0v) is 12.0. The van der Waals surface area contributed by atoms with Crippen LogP contribution in [-0.4, -0.2) is 18.3 Å². The lowest BCUT2D eigenvalue weighted by Crippen LogP contribution is -2.35. The maximum absolute atomic E-state index is 13.2. The largest absolute Gasteiger partial charge is 0.351 e. The topological polar surface area (TPSA) is 29.1 Å². The summed E-state index contributed by atoms with van der Waals surface area (Å²) in [5, 5.41) is 2.73. The maximum Gasteiger partial charge on any atom is 0.251 e. The van der Waals surface area contributed by atoms with Crippen LogP contribution in [0.15, 0.2) is 22.7 Å². The standard InChI is InChI=1S/C12H14BrClFNO/c1-12(2,6-14)7-16-11(17)8-3-4-9(13)10(15)5-8/h3-5H,6-7H2,1-2H3,(H,16,17). The smallest absolute Gasteiger partial charge is 0.251 e. The summed E-state index contributed by atoms with van der Waals surface area (Å²) in [5.41, 5.74) is 0.126. The van der Waals surface area contributed by atoms with E-state index in [1.54, 1.807) is 6.07 Å². The number of hydrogen-bond donors (Lipinski definition) is 1. The van der Waals surface area contributed by atoms with Gasteiger partial charge >= 0.3 is 0 Å². The van der Waals surface area contributed by atoms with E-state index in [1.165, 1.54) is 12.1 Å². The molecule has 1 aromatic carbocycles. The average molecular weight is 323 g/mol. The fraction of sp³-hybridized carbons (Fsp3) is 0.417. The van der Waals surface area contributed by atoms with Gasteiger partial charge in [-0.15, -0.1) is 11.6 Å². The van der Waals surface area contributed by atoms with E-state index in [-0.39, 0.29) is 11.3 Å². The van der Waals surface area contributed by atoms with Crippen LogP contribution >= 0.6 is 27.5 Å². The van der Waals surface area contributed by atoms with E-state index in [0.717, 1.165) is 0 Å². The third kappa shape index (κ3) is 4.28. The Balaban J connectivity index is 2.68. The van der Waals surface area contributed by atoms with E-state index in [1.807, 2.05) is 13.8 Å². The van der Waals surface area contributed by atoms with Crippen molar-refractivity contribution in [1.29, 1.82) is 0 Å². The van der Waals surface area contributed by atoms with Gasteiger partial charge in [0, 0.05) is 18.0 Å². The molecule has 94 valence electrons. The van der Waals surface area contributed by atoms with Crippen LogP contribution in [0.1, 0.15) is 24.2 Å². The number of amides is 1. The van der Waals surface area contributed by atoms with Crippen molar-refractivity contribution < 1.29 is 9.18 Å². The molecule has 0 aliphatic heterocycles. The Labute approximate surface area is 114 Å². The van der Waals surface area contributed by atoms with Crippen molar-refractivity contribution in [2.45, 2.75) is 13.8 Å². The lowest BCUT2D eigenvalue weighted by atomic mass is 9.96. The second kappa shape index (κ2) is 5.83.